The van der Waals surface area contributed by atoms with Gasteiger partial charge < -0.3 is 20.5 Å². The number of nitrogens with one attached hydrogen (secondary N) is 2. The van der Waals surface area contributed by atoms with E-state index in [0.717, 1.165) is 5.56 Å². The minimum atomic E-state index is -2.95. The standard InChI is InChI=1S/C24H26N6O4S/c1-4-34-24(32)30-35(3,33)20-11-9-19(10-12-20)28-23-26-14-21(22(29-23)27-16(2)15-31)18-7-5-17(13-25)6-8-18/h5-12,14,16,31H,4,15H2,1-3H3,(H2,26,27,28,29)/t16-,35?/m1/s1. The lowest BCUT2D eigenvalue weighted by atomic mass is 10.1. The molecule has 0 aliphatic rings. The van der Waals surface area contributed by atoms with Gasteiger partial charge in [-0.1, -0.05) is 12.1 Å². The number of ether oxygens (including phenoxy) is 1. The molecule has 1 unspecified atom stereocenters. The van der Waals surface area contributed by atoms with Gasteiger partial charge in [0.05, 0.1) is 34.6 Å². The number of amides is 1. The molecule has 0 bridgehead atoms. The fourth-order valence-electron chi connectivity index (χ4n) is 3.03. The van der Waals surface area contributed by atoms with Crippen LogP contribution in [-0.4, -0.2) is 50.9 Å². The molecule has 1 aromatic heterocycles. The molecule has 0 saturated heterocycles. The van der Waals surface area contributed by atoms with Crippen LogP contribution in [0.1, 0.15) is 19.4 Å². The van der Waals surface area contributed by atoms with Gasteiger partial charge in [0.1, 0.15) is 5.82 Å². The first-order valence-electron chi connectivity index (χ1n) is 10.8. The summed E-state index contributed by atoms with van der Waals surface area (Å²) in [5.74, 6) is 0.812. The zero-order valence-corrected chi connectivity index (χ0v) is 20.4. The van der Waals surface area contributed by atoms with Crippen molar-refractivity contribution in [2.45, 2.75) is 24.8 Å². The maximum atomic E-state index is 12.8. The first-order chi connectivity index (χ1) is 16.7. The number of nitrogens with zero attached hydrogens (tertiary/aromatic N) is 4. The molecule has 0 radical (unpaired) electrons. The number of anilines is 3. The van der Waals surface area contributed by atoms with Crippen molar-refractivity contribution in [3.8, 4) is 17.2 Å². The summed E-state index contributed by atoms with van der Waals surface area (Å²) in [5.41, 5.74) is 2.70. The maximum absolute atomic E-state index is 12.8. The molecule has 0 spiro atoms. The second-order valence-corrected chi connectivity index (χ2v) is 9.87. The number of aliphatic hydroxyl groups excluding tert-OH is 1. The molecule has 0 aliphatic heterocycles. The Morgan fingerprint density at radius 2 is 1.91 bits per heavy atom. The zero-order valence-electron chi connectivity index (χ0n) is 19.6. The van der Waals surface area contributed by atoms with Crippen LogP contribution in [0.3, 0.4) is 0 Å². The average Bonchev–Trinajstić information content (AvgIpc) is 2.84. The third-order valence-corrected chi connectivity index (χ3v) is 6.48. The quantitative estimate of drug-likeness (QED) is 0.419. The molecule has 3 rings (SSSR count). The highest BCUT2D eigenvalue weighted by molar-refractivity contribution is 7.93. The first-order valence-corrected chi connectivity index (χ1v) is 12.7. The summed E-state index contributed by atoms with van der Waals surface area (Å²) < 4.78 is 21.2. The van der Waals surface area contributed by atoms with Crippen LogP contribution in [0.4, 0.5) is 22.2 Å². The molecule has 3 N–H and O–H groups in total. The predicted molar refractivity (Wildman–Crippen MR) is 134 cm³/mol. The number of hydrogen-bond acceptors (Lipinski definition) is 9. The Morgan fingerprint density at radius 3 is 2.51 bits per heavy atom. The topological polar surface area (TPSA) is 150 Å². The smallest absolute Gasteiger partial charge is 0.442 e. The summed E-state index contributed by atoms with van der Waals surface area (Å²) in [6.07, 6.45) is 2.15. The van der Waals surface area contributed by atoms with E-state index in [1.54, 1.807) is 49.5 Å². The maximum Gasteiger partial charge on any atom is 0.442 e. The number of aromatic nitrogens is 2. The molecule has 2 aromatic carbocycles. The van der Waals surface area contributed by atoms with Crippen molar-refractivity contribution in [3.05, 3.63) is 60.3 Å². The first kappa shape index (κ1) is 25.6. The van der Waals surface area contributed by atoms with Crippen molar-refractivity contribution >= 4 is 33.3 Å². The van der Waals surface area contributed by atoms with Crippen molar-refractivity contribution in [1.29, 1.82) is 5.26 Å². The van der Waals surface area contributed by atoms with Gasteiger partial charge in [-0.15, -0.1) is 4.36 Å². The number of rotatable bonds is 8. The van der Waals surface area contributed by atoms with Crippen LogP contribution in [0.2, 0.25) is 0 Å². The average molecular weight is 495 g/mol. The summed E-state index contributed by atoms with van der Waals surface area (Å²) in [7, 11) is -2.95. The lowest BCUT2D eigenvalue weighted by Crippen LogP contribution is -2.21. The molecule has 1 heterocycles. The summed E-state index contributed by atoms with van der Waals surface area (Å²) in [4.78, 5) is 20.9. The molecule has 11 heteroatoms. The fraction of sp³-hybridized carbons (Fsp3) is 0.250. The van der Waals surface area contributed by atoms with Gasteiger partial charge in [0.15, 0.2) is 0 Å². The van der Waals surface area contributed by atoms with Gasteiger partial charge in [-0.3, -0.25) is 0 Å². The minimum absolute atomic E-state index is 0.0891. The summed E-state index contributed by atoms with van der Waals surface area (Å²) in [6.45, 7) is 3.53. The highest BCUT2D eigenvalue weighted by Gasteiger charge is 2.14. The van der Waals surface area contributed by atoms with Crippen molar-refractivity contribution < 1.29 is 18.8 Å². The lowest BCUT2D eigenvalue weighted by Gasteiger charge is -2.16. The van der Waals surface area contributed by atoms with E-state index in [4.69, 9.17) is 10.00 Å². The molecule has 3 aromatic rings. The molecular formula is C24H26N6O4S. The van der Waals surface area contributed by atoms with Gasteiger partial charge in [-0.05, 0) is 55.8 Å². The van der Waals surface area contributed by atoms with Crippen LogP contribution >= 0.6 is 0 Å². The normalized spacial score (nSPS) is 13.1. The monoisotopic (exact) mass is 494 g/mol. The van der Waals surface area contributed by atoms with E-state index >= 15 is 0 Å². The van der Waals surface area contributed by atoms with Gasteiger partial charge in [0, 0.05) is 34.6 Å². The van der Waals surface area contributed by atoms with Gasteiger partial charge in [-0.25, -0.2) is 14.0 Å². The molecular weight excluding hydrogens is 468 g/mol. The van der Waals surface area contributed by atoms with Gasteiger partial charge in [-0.2, -0.15) is 10.2 Å². The van der Waals surface area contributed by atoms with Crippen LogP contribution in [0.25, 0.3) is 11.1 Å². The highest BCUT2D eigenvalue weighted by Crippen LogP contribution is 2.28. The Balaban J connectivity index is 1.87. The summed E-state index contributed by atoms with van der Waals surface area (Å²) in [5, 5.41) is 24.8. The van der Waals surface area contributed by atoms with Crippen molar-refractivity contribution in [2.75, 3.05) is 30.1 Å². The molecule has 0 aliphatic carbocycles. The molecule has 0 saturated carbocycles. The molecule has 10 nitrogen and oxygen atoms in total. The molecule has 2 atom stereocenters. The molecule has 1 amide bonds. The van der Waals surface area contributed by atoms with Crippen LogP contribution in [0.5, 0.6) is 0 Å². The number of carbonyl (C=O) groups excluding carboxylic acids is 1. The van der Waals surface area contributed by atoms with Crippen molar-refractivity contribution in [3.63, 3.8) is 0 Å². The second-order valence-electron chi connectivity index (χ2n) is 7.62. The van der Waals surface area contributed by atoms with E-state index in [-0.39, 0.29) is 19.3 Å². The van der Waals surface area contributed by atoms with E-state index in [1.165, 1.54) is 6.26 Å². The fourth-order valence-corrected chi connectivity index (χ4v) is 4.11. The summed E-state index contributed by atoms with van der Waals surface area (Å²) >= 11 is 0. The van der Waals surface area contributed by atoms with Gasteiger partial charge in [0.2, 0.25) is 5.95 Å². The van der Waals surface area contributed by atoms with Crippen LogP contribution in [0, 0.1) is 11.3 Å². The van der Waals surface area contributed by atoms with E-state index < -0.39 is 15.8 Å². The van der Waals surface area contributed by atoms with Crippen molar-refractivity contribution in [2.24, 2.45) is 4.36 Å². The zero-order chi connectivity index (χ0) is 25.4. The Kier molecular flexibility index (Phi) is 8.35. The Bertz CT molecular complexity index is 1340. The largest absolute Gasteiger partial charge is 0.448 e. The van der Waals surface area contributed by atoms with E-state index in [2.05, 4.69) is 31.0 Å². The molecule has 0 fully saturated rings. The van der Waals surface area contributed by atoms with Crippen LogP contribution in [0.15, 0.2) is 64.0 Å². The predicted octanol–water partition coefficient (Wildman–Crippen LogP) is 4.16. The number of hydrogen-bond donors (Lipinski definition) is 3. The van der Waals surface area contributed by atoms with Crippen LogP contribution < -0.4 is 10.6 Å². The number of aliphatic hydroxyl groups is 1. The molecule has 35 heavy (non-hydrogen) atoms. The number of nitriles is 1. The Morgan fingerprint density at radius 1 is 1.23 bits per heavy atom. The van der Waals surface area contributed by atoms with E-state index in [9.17, 15) is 14.1 Å². The third-order valence-electron chi connectivity index (χ3n) is 4.84. The van der Waals surface area contributed by atoms with E-state index in [0.29, 0.717) is 33.5 Å². The second kappa shape index (κ2) is 11.4. The number of benzene rings is 2. The van der Waals surface area contributed by atoms with E-state index in [1.807, 2.05) is 19.1 Å². The lowest BCUT2D eigenvalue weighted by molar-refractivity contribution is 0.164. The Labute approximate surface area is 204 Å². The Hall–Kier alpha value is -4.01. The van der Waals surface area contributed by atoms with Gasteiger partial charge >= 0.3 is 6.09 Å². The SMILES string of the molecule is CCOC(=O)N=S(C)(=O)c1ccc(Nc2ncc(-c3ccc(C#N)cc3)c(N[C@H](C)CO)n2)cc1. The van der Waals surface area contributed by atoms with Crippen LogP contribution in [-0.2, 0) is 14.5 Å². The summed E-state index contributed by atoms with van der Waals surface area (Å²) in [6, 6.07) is 15.4. The highest BCUT2D eigenvalue weighted by atomic mass is 32.2. The minimum Gasteiger partial charge on any atom is -0.448 e. The molecule has 182 valence electrons. The van der Waals surface area contributed by atoms with Gasteiger partial charge in [0.25, 0.3) is 0 Å². The van der Waals surface area contributed by atoms with Crippen molar-refractivity contribution in [1.82, 2.24) is 9.97 Å². The number of carbonyl (C=O) groups is 1. The third kappa shape index (κ3) is 6.75.